The first-order valence-electron chi connectivity index (χ1n) is 8.86. The fourth-order valence-corrected chi connectivity index (χ4v) is 3.57. The monoisotopic (exact) mass is 481 g/mol. The maximum absolute atomic E-state index is 12.5. The first-order valence-corrected chi connectivity index (χ1v) is 10.5. The Labute approximate surface area is 186 Å². The van der Waals surface area contributed by atoms with Gasteiger partial charge in [0.25, 0.3) is 5.91 Å². The van der Waals surface area contributed by atoms with E-state index in [2.05, 4.69) is 32.3 Å². The molecule has 0 saturated carbocycles. The molecule has 0 aliphatic carbocycles. The molecule has 0 aliphatic heterocycles. The number of hydrogen-bond donors (Lipinski definition) is 1. The molecule has 3 rings (SSSR count). The van der Waals surface area contributed by atoms with E-state index in [9.17, 15) is 9.59 Å². The molecule has 2 aromatic carbocycles. The van der Waals surface area contributed by atoms with E-state index in [-0.39, 0.29) is 0 Å². The Hall–Kier alpha value is -3.15. The molecule has 1 N–H and O–H groups in total. The first kappa shape index (κ1) is 21.6. The van der Waals surface area contributed by atoms with Crippen molar-refractivity contribution in [2.75, 3.05) is 11.9 Å². The standard InChI is InChI=1S/C22H16BrN3O3S/c23-16-7-10-21(25-13-16)30-19-4-2-1-3-18(19)22(28)29-14-20(27)26-17-8-5-15(6-9-17)11-12-24/h1-10,13H,11,14H2,(H,26,27). The SMILES string of the molecule is N#CCc1ccc(NC(=O)COC(=O)c2ccccc2Sc2ccc(Br)cn2)cc1. The van der Waals surface area contributed by atoms with Gasteiger partial charge in [0.2, 0.25) is 0 Å². The third-order valence-corrected chi connectivity index (χ3v) is 5.37. The smallest absolute Gasteiger partial charge is 0.339 e. The van der Waals surface area contributed by atoms with Crippen molar-refractivity contribution in [3.05, 3.63) is 82.5 Å². The van der Waals surface area contributed by atoms with Gasteiger partial charge in [-0.3, -0.25) is 4.79 Å². The second-order valence-corrected chi connectivity index (χ2v) is 8.05. The lowest BCUT2D eigenvalue weighted by atomic mass is 10.1. The number of carbonyl (C=O) groups is 2. The largest absolute Gasteiger partial charge is 0.452 e. The number of carbonyl (C=O) groups excluding carboxylic acids is 2. The van der Waals surface area contributed by atoms with E-state index in [1.807, 2.05) is 18.2 Å². The number of nitrogens with one attached hydrogen (secondary N) is 1. The van der Waals surface area contributed by atoms with Crippen molar-refractivity contribution in [3.8, 4) is 6.07 Å². The molecule has 0 atom stereocenters. The zero-order valence-electron chi connectivity index (χ0n) is 15.7. The highest BCUT2D eigenvalue weighted by atomic mass is 79.9. The van der Waals surface area contributed by atoms with Crippen LogP contribution in [0, 0.1) is 11.3 Å². The van der Waals surface area contributed by atoms with E-state index in [0.29, 0.717) is 22.6 Å². The number of esters is 1. The predicted octanol–water partition coefficient (Wildman–Crippen LogP) is 4.86. The van der Waals surface area contributed by atoms with Crippen LogP contribution in [-0.2, 0) is 16.0 Å². The molecule has 0 fully saturated rings. The molecular weight excluding hydrogens is 466 g/mol. The number of hydrogen-bond acceptors (Lipinski definition) is 6. The summed E-state index contributed by atoms with van der Waals surface area (Å²) >= 11 is 4.68. The topological polar surface area (TPSA) is 92.1 Å². The lowest BCUT2D eigenvalue weighted by molar-refractivity contribution is -0.119. The summed E-state index contributed by atoms with van der Waals surface area (Å²) in [6.45, 7) is -0.408. The van der Waals surface area contributed by atoms with Crippen LogP contribution in [0.15, 0.2) is 81.3 Å². The van der Waals surface area contributed by atoms with E-state index < -0.39 is 18.5 Å². The Morgan fingerprint density at radius 2 is 1.87 bits per heavy atom. The number of rotatable bonds is 7. The van der Waals surface area contributed by atoms with E-state index in [1.165, 1.54) is 11.8 Å². The zero-order valence-corrected chi connectivity index (χ0v) is 18.1. The van der Waals surface area contributed by atoms with Gasteiger partial charge in [0.1, 0.15) is 5.03 Å². The molecule has 1 aromatic heterocycles. The molecule has 0 bridgehead atoms. The number of nitrogens with zero attached hydrogens (tertiary/aromatic N) is 2. The van der Waals surface area contributed by atoms with E-state index >= 15 is 0 Å². The lowest BCUT2D eigenvalue weighted by Crippen LogP contribution is -2.21. The third kappa shape index (κ3) is 6.17. The Kier molecular flexibility index (Phi) is 7.60. The minimum absolute atomic E-state index is 0.305. The summed E-state index contributed by atoms with van der Waals surface area (Å²) in [5.41, 5.74) is 1.78. The average molecular weight is 482 g/mol. The highest BCUT2D eigenvalue weighted by Gasteiger charge is 2.15. The second kappa shape index (κ2) is 10.6. The van der Waals surface area contributed by atoms with Gasteiger partial charge in [0, 0.05) is 21.3 Å². The number of amides is 1. The average Bonchev–Trinajstić information content (AvgIpc) is 2.76. The van der Waals surface area contributed by atoms with Gasteiger partial charge in [0.05, 0.1) is 18.1 Å². The van der Waals surface area contributed by atoms with E-state index in [4.69, 9.17) is 10.00 Å². The van der Waals surface area contributed by atoms with Crippen LogP contribution >= 0.6 is 27.7 Å². The Morgan fingerprint density at radius 1 is 1.10 bits per heavy atom. The van der Waals surface area contributed by atoms with Crippen molar-refractivity contribution in [2.24, 2.45) is 0 Å². The third-order valence-electron chi connectivity index (χ3n) is 3.88. The highest BCUT2D eigenvalue weighted by molar-refractivity contribution is 9.10. The van der Waals surface area contributed by atoms with Crippen LogP contribution < -0.4 is 5.32 Å². The van der Waals surface area contributed by atoms with Crippen LogP contribution in [-0.4, -0.2) is 23.5 Å². The molecule has 0 spiro atoms. The van der Waals surface area contributed by atoms with Gasteiger partial charge in [-0.05, 0) is 57.9 Å². The maximum atomic E-state index is 12.5. The van der Waals surface area contributed by atoms with Crippen molar-refractivity contribution >= 4 is 45.3 Å². The zero-order chi connectivity index (χ0) is 21.3. The van der Waals surface area contributed by atoms with Crippen LogP contribution in [0.2, 0.25) is 0 Å². The molecule has 3 aromatic rings. The van der Waals surface area contributed by atoms with Crippen LogP contribution in [0.25, 0.3) is 0 Å². The molecule has 0 aliphatic rings. The summed E-state index contributed by atoms with van der Waals surface area (Å²) in [6, 6.07) is 19.7. The highest BCUT2D eigenvalue weighted by Crippen LogP contribution is 2.30. The summed E-state index contributed by atoms with van der Waals surface area (Å²) in [6.07, 6.45) is 1.99. The number of nitriles is 1. The van der Waals surface area contributed by atoms with E-state index in [1.54, 1.807) is 48.7 Å². The summed E-state index contributed by atoms with van der Waals surface area (Å²) < 4.78 is 6.05. The van der Waals surface area contributed by atoms with Crippen molar-refractivity contribution in [3.63, 3.8) is 0 Å². The van der Waals surface area contributed by atoms with Crippen LogP contribution in [0.5, 0.6) is 0 Å². The van der Waals surface area contributed by atoms with Crippen molar-refractivity contribution in [1.82, 2.24) is 4.98 Å². The summed E-state index contributed by atoms with van der Waals surface area (Å²) in [5.74, 6) is -1.04. The van der Waals surface area contributed by atoms with Gasteiger partial charge < -0.3 is 10.1 Å². The van der Waals surface area contributed by atoms with Crippen LogP contribution in [0.3, 0.4) is 0 Å². The fraction of sp³-hybridized carbons (Fsp3) is 0.0909. The first-order chi connectivity index (χ1) is 14.5. The second-order valence-electron chi connectivity index (χ2n) is 6.07. The van der Waals surface area contributed by atoms with Gasteiger partial charge >= 0.3 is 5.97 Å². The molecule has 0 unspecified atom stereocenters. The normalized spacial score (nSPS) is 10.1. The summed E-state index contributed by atoms with van der Waals surface area (Å²) in [4.78, 5) is 29.6. The number of pyridine rings is 1. The Morgan fingerprint density at radius 3 is 2.57 bits per heavy atom. The summed E-state index contributed by atoms with van der Waals surface area (Å²) in [7, 11) is 0. The van der Waals surface area contributed by atoms with Gasteiger partial charge in [0.15, 0.2) is 6.61 Å². The van der Waals surface area contributed by atoms with Gasteiger partial charge in [-0.1, -0.05) is 36.0 Å². The molecule has 8 heteroatoms. The molecule has 0 radical (unpaired) electrons. The predicted molar refractivity (Wildman–Crippen MR) is 117 cm³/mol. The molecule has 30 heavy (non-hydrogen) atoms. The number of aromatic nitrogens is 1. The van der Waals surface area contributed by atoms with Crippen molar-refractivity contribution in [1.29, 1.82) is 5.26 Å². The van der Waals surface area contributed by atoms with Crippen LogP contribution in [0.4, 0.5) is 5.69 Å². The number of ether oxygens (including phenoxy) is 1. The van der Waals surface area contributed by atoms with Gasteiger partial charge in [-0.25, -0.2) is 9.78 Å². The van der Waals surface area contributed by atoms with Crippen LogP contribution in [0.1, 0.15) is 15.9 Å². The number of benzene rings is 2. The summed E-state index contributed by atoms with van der Waals surface area (Å²) in [5, 5.41) is 12.1. The molecule has 1 amide bonds. The van der Waals surface area contributed by atoms with Crippen molar-refractivity contribution in [2.45, 2.75) is 16.3 Å². The van der Waals surface area contributed by atoms with Gasteiger partial charge in [-0.2, -0.15) is 5.26 Å². The van der Waals surface area contributed by atoms with E-state index in [0.717, 1.165) is 15.1 Å². The molecule has 1 heterocycles. The van der Waals surface area contributed by atoms with Crippen molar-refractivity contribution < 1.29 is 14.3 Å². The minimum Gasteiger partial charge on any atom is -0.452 e. The number of halogens is 1. The molecule has 150 valence electrons. The molecule has 6 nitrogen and oxygen atoms in total. The lowest BCUT2D eigenvalue weighted by Gasteiger charge is -2.10. The quantitative estimate of drug-likeness (QED) is 0.484. The molecular formula is C22H16BrN3O3S. The Balaban J connectivity index is 1.58. The Bertz CT molecular complexity index is 1080. The van der Waals surface area contributed by atoms with Gasteiger partial charge in [-0.15, -0.1) is 0 Å². The fourth-order valence-electron chi connectivity index (χ4n) is 2.46. The minimum atomic E-state index is -0.588. The maximum Gasteiger partial charge on any atom is 0.339 e. The molecule has 0 saturated heterocycles. The number of anilines is 1.